The van der Waals surface area contributed by atoms with E-state index in [2.05, 4.69) is 4.98 Å². The van der Waals surface area contributed by atoms with Gasteiger partial charge in [-0.1, -0.05) is 29.8 Å². The fraction of sp³-hybridized carbons (Fsp3) is 0.348. The van der Waals surface area contributed by atoms with Gasteiger partial charge < -0.3 is 10.1 Å². The molecule has 0 bridgehead atoms. The summed E-state index contributed by atoms with van der Waals surface area (Å²) >= 11 is 0. The van der Waals surface area contributed by atoms with Crippen LogP contribution in [0.25, 0.3) is 10.9 Å². The van der Waals surface area contributed by atoms with Crippen molar-refractivity contribution in [2.75, 3.05) is 13.2 Å². The smallest absolute Gasteiger partial charge is 0.252 e. The summed E-state index contributed by atoms with van der Waals surface area (Å²) in [6, 6.07) is 9.27. The third-order valence-electron chi connectivity index (χ3n) is 5.53. The second-order valence-electron chi connectivity index (χ2n) is 7.89. The van der Waals surface area contributed by atoms with Crippen molar-refractivity contribution in [3.63, 3.8) is 0 Å². The van der Waals surface area contributed by atoms with Gasteiger partial charge in [0.25, 0.3) is 5.56 Å². The number of nitrogens with one attached hydrogen (secondary N) is 1. The van der Waals surface area contributed by atoms with Crippen LogP contribution in [0.1, 0.15) is 33.4 Å². The number of hydrogen-bond acceptors (Lipinski definition) is 4. The normalized spacial score (nSPS) is 12.1. The quantitative estimate of drug-likeness (QED) is 0.631. The Balaban J connectivity index is 2.10. The Kier molecular flexibility index (Phi) is 6.17. The predicted molar refractivity (Wildman–Crippen MR) is 119 cm³/mol. The molecule has 0 aliphatic carbocycles. The summed E-state index contributed by atoms with van der Waals surface area (Å²) in [5.74, 6) is 0. The average Bonchev–Trinajstić information content (AvgIpc) is 2.64. The zero-order valence-electron chi connectivity index (χ0n) is 18.0. The van der Waals surface area contributed by atoms with Gasteiger partial charge in [-0.05, 0) is 68.3 Å². The van der Waals surface area contributed by atoms with Gasteiger partial charge in [-0.3, -0.25) is 4.79 Å². The maximum absolute atomic E-state index is 13.5. The third-order valence-corrected chi connectivity index (χ3v) is 7.68. The van der Waals surface area contributed by atoms with Crippen LogP contribution in [0.5, 0.6) is 0 Å². The van der Waals surface area contributed by atoms with Crippen molar-refractivity contribution in [3.8, 4) is 0 Å². The molecule has 0 radical (unpaired) electrons. The molecule has 30 heavy (non-hydrogen) atoms. The van der Waals surface area contributed by atoms with Crippen LogP contribution in [0.3, 0.4) is 0 Å². The number of aliphatic hydroxyl groups is 1. The van der Waals surface area contributed by atoms with Crippen molar-refractivity contribution in [1.82, 2.24) is 9.29 Å². The highest BCUT2D eigenvalue weighted by atomic mass is 32.2. The molecule has 1 aromatic heterocycles. The van der Waals surface area contributed by atoms with Crippen LogP contribution in [0.15, 0.2) is 40.0 Å². The van der Waals surface area contributed by atoms with Gasteiger partial charge in [0, 0.05) is 18.7 Å². The van der Waals surface area contributed by atoms with Crippen LogP contribution in [-0.2, 0) is 16.6 Å². The molecule has 0 spiro atoms. The zero-order chi connectivity index (χ0) is 22.2. The van der Waals surface area contributed by atoms with Gasteiger partial charge in [-0.2, -0.15) is 4.31 Å². The molecule has 0 saturated carbocycles. The van der Waals surface area contributed by atoms with Gasteiger partial charge in [0.05, 0.1) is 17.0 Å². The molecular formula is C23H28N2O4S. The van der Waals surface area contributed by atoms with Gasteiger partial charge >= 0.3 is 0 Å². The summed E-state index contributed by atoms with van der Waals surface area (Å²) in [5, 5.41) is 10.4. The monoisotopic (exact) mass is 428 g/mol. The van der Waals surface area contributed by atoms with E-state index in [9.17, 15) is 18.3 Å². The number of aromatic amines is 1. The SMILES string of the molecule is Cc1cc(C)c(S(=O)(=O)N(CCO)Cc2cc3ccc(C)c(C)c3[nH]c2=O)c(C)c1. The van der Waals surface area contributed by atoms with E-state index >= 15 is 0 Å². The number of hydrogen-bond donors (Lipinski definition) is 2. The highest BCUT2D eigenvalue weighted by molar-refractivity contribution is 7.89. The second kappa shape index (κ2) is 8.34. The molecule has 0 saturated heterocycles. The second-order valence-corrected chi connectivity index (χ2v) is 9.76. The average molecular weight is 429 g/mol. The molecule has 3 rings (SSSR count). The van der Waals surface area contributed by atoms with E-state index in [1.807, 2.05) is 45.0 Å². The number of aliphatic hydroxyl groups excluding tert-OH is 1. The lowest BCUT2D eigenvalue weighted by Gasteiger charge is -2.24. The van der Waals surface area contributed by atoms with E-state index in [-0.39, 0.29) is 30.2 Å². The Labute approximate surface area is 177 Å². The third kappa shape index (κ3) is 4.05. The zero-order valence-corrected chi connectivity index (χ0v) is 18.9. The summed E-state index contributed by atoms with van der Waals surface area (Å²) in [7, 11) is -3.90. The summed E-state index contributed by atoms with van der Waals surface area (Å²) in [6.07, 6.45) is 0. The highest BCUT2D eigenvalue weighted by Crippen LogP contribution is 2.26. The maximum Gasteiger partial charge on any atom is 0.252 e. The first kappa shape index (κ1) is 22.2. The number of nitrogens with zero attached hydrogens (tertiary/aromatic N) is 1. The maximum atomic E-state index is 13.5. The summed E-state index contributed by atoms with van der Waals surface area (Å²) < 4.78 is 28.1. The van der Waals surface area contributed by atoms with Gasteiger partial charge in [0.1, 0.15) is 0 Å². The predicted octanol–water partition coefficient (Wildman–Crippen LogP) is 3.25. The molecule has 7 heteroatoms. The first-order valence-corrected chi connectivity index (χ1v) is 11.3. The van der Waals surface area contributed by atoms with Crippen molar-refractivity contribution in [2.24, 2.45) is 0 Å². The molecule has 0 aliphatic heterocycles. The Hall–Kier alpha value is -2.48. The van der Waals surface area contributed by atoms with Crippen LogP contribution >= 0.6 is 0 Å². The summed E-state index contributed by atoms with van der Waals surface area (Å²) in [4.78, 5) is 15.9. The lowest BCUT2D eigenvalue weighted by Crippen LogP contribution is -2.35. The van der Waals surface area contributed by atoms with Crippen molar-refractivity contribution in [3.05, 3.63) is 74.1 Å². The minimum atomic E-state index is -3.90. The molecule has 1 heterocycles. The van der Waals surface area contributed by atoms with Crippen LogP contribution in [0.4, 0.5) is 0 Å². The van der Waals surface area contributed by atoms with E-state index < -0.39 is 10.0 Å². The molecule has 3 aromatic rings. The minimum Gasteiger partial charge on any atom is -0.395 e. The van der Waals surface area contributed by atoms with E-state index in [0.29, 0.717) is 16.7 Å². The Morgan fingerprint density at radius 2 is 1.60 bits per heavy atom. The molecule has 0 amide bonds. The van der Waals surface area contributed by atoms with Gasteiger partial charge in [0.15, 0.2) is 0 Å². The van der Waals surface area contributed by atoms with Gasteiger partial charge in [-0.25, -0.2) is 8.42 Å². The standard InChI is InChI=1S/C23H28N2O4S/c1-14-10-16(3)22(17(4)11-14)30(28,29)25(8-9-26)13-20-12-19-7-6-15(2)18(5)21(19)24-23(20)27/h6-7,10-12,26H,8-9,13H2,1-5H3,(H,24,27). The van der Waals surface area contributed by atoms with E-state index in [1.165, 1.54) is 4.31 Å². The molecule has 6 nitrogen and oxygen atoms in total. The molecule has 0 fully saturated rings. The fourth-order valence-electron chi connectivity index (χ4n) is 3.98. The van der Waals surface area contributed by atoms with E-state index in [4.69, 9.17) is 0 Å². The fourth-order valence-corrected chi connectivity index (χ4v) is 5.80. The van der Waals surface area contributed by atoms with E-state index in [1.54, 1.807) is 19.9 Å². The number of sulfonamides is 1. The molecule has 2 N–H and O–H groups in total. The van der Waals surface area contributed by atoms with Crippen molar-refractivity contribution < 1.29 is 13.5 Å². The highest BCUT2D eigenvalue weighted by Gasteiger charge is 2.28. The molecule has 160 valence electrons. The lowest BCUT2D eigenvalue weighted by molar-refractivity contribution is 0.250. The van der Waals surface area contributed by atoms with Crippen LogP contribution in [0, 0.1) is 34.6 Å². The van der Waals surface area contributed by atoms with Crippen molar-refractivity contribution in [1.29, 1.82) is 0 Å². The molecule has 0 unspecified atom stereocenters. The topological polar surface area (TPSA) is 90.5 Å². The molecule has 0 aliphatic rings. The van der Waals surface area contributed by atoms with Crippen molar-refractivity contribution in [2.45, 2.75) is 46.1 Å². The number of pyridine rings is 1. The number of aromatic nitrogens is 1. The number of aryl methyl sites for hydroxylation is 5. The number of benzene rings is 2. The molecule has 0 atom stereocenters. The molecular weight excluding hydrogens is 400 g/mol. The first-order chi connectivity index (χ1) is 14.1. The minimum absolute atomic E-state index is 0.0977. The van der Waals surface area contributed by atoms with Crippen LogP contribution in [0.2, 0.25) is 0 Å². The van der Waals surface area contributed by atoms with Crippen LogP contribution < -0.4 is 5.56 Å². The van der Waals surface area contributed by atoms with E-state index in [0.717, 1.165) is 27.6 Å². The number of rotatable bonds is 6. The van der Waals surface area contributed by atoms with Crippen LogP contribution in [-0.4, -0.2) is 36.0 Å². The summed E-state index contributed by atoms with van der Waals surface area (Å²) in [5.41, 5.74) is 5.10. The first-order valence-electron chi connectivity index (χ1n) is 9.87. The Bertz CT molecular complexity index is 1250. The molecule has 2 aromatic carbocycles. The Morgan fingerprint density at radius 3 is 2.20 bits per heavy atom. The largest absolute Gasteiger partial charge is 0.395 e. The number of H-pyrrole nitrogens is 1. The summed E-state index contributed by atoms with van der Waals surface area (Å²) in [6.45, 7) is 8.80. The van der Waals surface area contributed by atoms with Gasteiger partial charge in [-0.15, -0.1) is 0 Å². The number of fused-ring (bicyclic) bond motifs is 1. The Morgan fingerprint density at radius 1 is 0.967 bits per heavy atom. The van der Waals surface area contributed by atoms with Crippen molar-refractivity contribution >= 4 is 20.9 Å². The lowest BCUT2D eigenvalue weighted by atomic mass is 10.0. The van der Waals surface area contributed by atoms with Gasteiger partial charge in [0.2, 0.25) is 10.0 Å².